The summed E-state index contributed by atoms with van der Waals surface area (Å²) in [6, 6.07) is 3.97. The molecule has 0 aromatic carbocycles. The van der Waals surface area contributed by atoms with Crippen LogP contribution in [0.5, 0.6) is 0 Å². The summed E-state index contributed by atoms with van der Waals surface area (Å²) in [6.45, 7) is 6.94. The maximum absolute atomic E-state index is 12.0. The highest BCUT2D eigenvalue weighted by molar-refractivity contribution is 7.10. The molecule has 3 N–H and O–H groups in total. The molecule has 2 amide bonds. The van der Waals surface area contributed by atoms with Gasteiger partial charge < -0.3 is 20.7 Å². The van der Waals surface area contributed by atoms with Crippen LogP contribution in [0.4, 0.5) is 4.79 Å². The van der Waals surface area contributed by atoms with Crippen LogP contribution >= 0.6 is 11.3 Å². The van der Waals surface area contributed by atoms with E-state index in [1.807, 2.05) is 11.4 Å². The lowest BCUT2D eigenvalue weighted by atomic mass is 10.0. The van der Waals surface area contributed by atoms with Gasteiger partial charge in [0.2, 0.25) is 0 Å². The lowest BCUT2D eigenvalue weighted by Crippen LogP contribution is -2.46. The Hall–Kier alpha value is -1.86. The fraction of sp³-hybridized carbons (Fsp3) is 0.500. The molecule has 0 saturated heterocycles. The molecule has 7 heteroatoms. The number of amides is 2. The zero-order valence-electron chi connectivity index (χ0n) is 13.6. The van der Waals surface area contributed by atoms with Gasteiger partial charge in [0.1, 0.15) is 0 Å². The molecule has 23 heavy (non-hydrogen) atoms. The summed E-state index contributed by atoms with van der Waals surface area (Å²) in [7, 11) is 0. The summed E-state index contributed by atoms with van der Waals surface area (Å²) in [5, 5.41) is 10.8. The second-order valence-electron chi connectivity index (χ2n) is 5.60. The first-order valence-corrected chi connectivity index (χ1v) is 8.61. The number of thiophene rings is 1. The first-order chi connectivity index (χ1) is 11.0. The molecular weight excluding hydrogens is 314 g/mol. The smallest absolute Gasteiger partial charge is 0.337 e. The van der Waals surface area contributed by atoms with Crippen molar-refractivity contribution >= 4 is 23.3 Å². The predicted octanol–water partition coefficient (Wildman–Crippen LogP) is 2.16. The van der Waals surface area contributed by atoms with E-state index in [4.69, 9.17) is 4.74 Å². The molecule has 2 rings (SSSR count). The van der Waals surface area contributed by atoms with Crippen molar-refractivity contribution in [3.8, 4) is 0 Å². The number of carbonyl (C=O) groups is 2. The van der Waals surface area contributed by atoms with Crippen LogP contribution in [0.1, 0.15) is 31.7 Å². The Bertz CT molecular complexity index is 581. The summed E-state index contributed by atoms with van der Waals surface area (Å²) in [6.07, 6.45) is 0. The van der Waals surface area contributed by atoms with Crippen molar-refractivity contribution in [3.63, 3.8) is 0 Å². The van der Waals surface area contributed by atoms with E-state index in [1.54, 1.807) is 18.3 Å². The fourth-order valence-corrected chi connectivity index (χ4v) is 3.42. The molecule has 0 bridgehead atoms. The van der Waals surface area contributed by atoms with E-state index >= 15 is 0 Å². The number of ether oxygens (including phenoxy) is 1. The van der Waals surface area contributed by atoms with Crippen molar-refractivity contribution in [2.75, 3.05) is 19.7 Å². The highest BCUT2D eigenvalue weighted by Crippen LogP contribution is 2.26. The quantitative estimate of drug-likeness (QED) is 0.666. The second-order valence-corrected chi connectivity index (χ2v) is 6.58. The van der Waals surface area contributed by atoms with Gasteiger partial charge in [0.05, 0.1) is 18.7 Å². The van der Waals surface area contributed by atoms with Crippen LogP contribution in [0.15, 0.2) is 28.8 Å². The Morgan fingerprint density at radius 1 is 1.48 bits per heavy atom. The number of urea groups is 1. The maximum Gasteiger partial charge on any atom is 0.337 e. The van der Waals surface area contributed by atoms with Crippen molar-refractivity contribution in [2.45, 2.75) is 26.8 Å². The number of carbonyl (C=O) groups excluding carboxylic acids is 2. The van der Waals surface area contributed by atoms with Crippen LogP contribution in [-0.4, -0.2) is 31.7 Å². The Morgan fingerprint density at radius 3 is 2.87 bits per heavy atom. The van der Waals surface area contributed by atoms with Gasteiger partial charge in [0, 0.05) is 23.2 Å². The van der Waals surface area contributed by atoms with Crippen molar-refractivity contribution in [1.82, 2.24) is 16.0 Å². The molecule has 0 fully saturated rings. The van der Waals surface area contributed by atoms with E-state index in [2.05, 4.69) is 35.9 Å². The van der Waals surface area contributed by atoms with Gasteiger partial charge in [-0.2, -0.15) is 0 Å². The number of hydrogen-bond acceptors (Lipinski definition) is 5. The average molecular weight is 337 g/mol. The molecule has 1 aliphatic heterocycles. The topological polar surface area (TPSA) is 79.5 Å². The first-order valence-electron chi connectivity index (χ1n) is 7.73. The second kappa shape index (κ2) is 8.12. The predicted molar refractivity (Wildman–Crippen MR) is 90.1 cm³/mol. The summed E-state index contributed by atoms with van der Waals surface area (Å²) >= 11 is 1.69. The zero-order valence-corrected chi connectivity index (χ0v) is 14.5. The molecule has 1 aliphatic rings. The number of esters is 1. The Morgan fingerprint density at radius 2 is 2.26 bits per heavy atom. The summed E-state index contributed by atoms with van der Waals surface area (Å²) in [5.74, 6) is -0.00766. The zero-order chi connectivity index (χ0) is 16.8. The third-order valence-electron chi connectivity index (χ3n) is 3.59. The van der Waals surface area contributed by atoms with Crippen molar-refractivity contribution in [3.05, 3.63) is 33.7 Å². The first kappa shape index (κ1) is 17.5. The Balaban J connectivity index is 2.13. The van der Waals surface area contributed by atoms with Crippen LogP contribution < -0.4 is 16.0 Å². The van der Waals surface area contributed by atoms with Gasteiger partial charge in [-0.1, -0.05) is 19.9 Å². The highest BCUT2D eigenvalue weighted by Gasteiger charge is 2.25. The normalized spacial score (nSPS) is 16.1. The van der Waals surface area contributed by atoms with E-state index in [-0.39, 0.29) is 18.6 Å². The van der Waals surface area contributed by atoms with Gasteiger partial charge in [-0.25, -0.2) is 9.59 Å². The third kappa shape index (κ3) is 4.56. The van der Waals surface area contributed by atoms with Crippen LogP contribution in [0, 0.1) is 5.92 Å². The molecule has 2 heterocycles. The fourth-order valence-electron chi connectivity index (χ4n) is 2.44. The Labute approximate surface area is 140 Å². The number of hydrogen-bond donors (Lipinski definition) is 3. The maximum atomic E-state index is 12.0. The minimum absolute atomic E-state index is 0.165. The molecule has 6 nitrogen and oxygen atoms in total. The number of nitrogens with one attached hydrogen (secondary N) is 3. The molecule has 126 valence electrons. The molecule has 0 unspecified atom stereocenters. The molecule has 1 aromatic heterocycles. The average Bonchev–Trinajstić information content (AvgIpc) is 3.01. The largest absolute Gasteiger partial charge is 0.463 e. The monoisotopic (exact) mass is 337 g/mol. The molecule has 0 radical (unpaired) electrons. The van der Waals surface area contributed by atoms with Gasteiger partial charge in [-0.15, -0.1) is 11.3 Å². The van der Waals surface area contributed by atoms with Crippen LogP contribution in [0.25, 0.3) is 0 Å². The molecule has 1 atom stereocenters. The molecule has 0 aliphatic carbocycles. The molecular formula is C16H23N3O3S. The lowest BCUT2D eigenvalue weighted by molar-refractivity contribution is -0.138. The van der Waals surface area contributed by atoms with Crippen LogP contribution in [-0.2, 0) is 9.53 Å². The number of rotatable bonds is 7. The summed E-state index contributed by atoms with van der Waals surface area (Å²) in [4.78, 5) is 24.8. The Kier molecular flexibility index (Phi) is 6.18. The van der Waals surface area contributed by atoms with Gasteiger partial charge >= 0.3 is 12.0 Å². The minimum atomic E-state index is -0.394. The van der Waals surface area contributed by atoms with Crippen molar-refractivity contribution < 1.29 is 14.3 Å². The van der Waals surface area contributed by atoms with Gasteiger partial charge in [0.25, 0.3) is 0 Å². The molecule has 1 aromatic rings. The molecule has 0 saturated carbocycles. The van der Waals surface area contributed by atoms with E-state index in [0.717, 1.165) is 0 Å². The van der Waals surface area contributed by atoms with E-state index in [9.17, 15) is 9.59 Å². The minimum Gasteiger partial charge on any atom is -0.463 e. The van der Waals surface area contributed by atoms with Gasteiger partial charge in [-0.05, 0) is 24.3 Å². The summed E-state index contributed by atoms with van der Waals surface area (Å²) in [5.41, 5.74) is 1.04. The standard InChI is InChI=1S/C16H23N3O3S/c1-4-22-15(20)11-8-18-16(21)19-12(11)9-17-14(10(2)3)13-6-5-7-23-13/h5-7,10,14,17H,4,8-9H2,1-3H3,(H2,18,19,21)/t14-/m1/s1. The van der Waals surface area contributed by atoms with Gasteiger partial charge in [0.15, 0.2) is 0 Å². The third-order valence-corrected chi connectivity index (χ3v) is 4.55. The van der Waals surface area contributed by atoms with Crippen molar-refractivity contribution in [2.24, 2.45) is 5.92 Å². The van der Waals surface area contributed by atoms with Crippen LogP contribution in [0.3, 0.4) is 0 Å². The highest BCUT2D eigenvalue weighted by atomic mass is 32.1. The van der Waals surface area contributed by atoms with Gasteiger partial charge in [-0.3, -0.25) is 0 Å². The van der Waals surface area contributed by atoms with E-state index < -0.39 is 5.97 Å². The SMILES string of the molecule is CCOC(=O)C1=C(CN[C@@H](c2cccs2)C(C)C)NC(=O)NC1. The van der Waals surface area contributed by atoms with Crippen LogP contribution in [0.2, 0.25) is 0 Å². The van der Waals surface area contributed by atoms with E-state index in [0.29, 0.717) is 30.3 Å². The lowest BCUT2D eigenvalue weighted by Gasteiger charge is -2.25. The van der Waals surface area contributed by atoms with E-state index in [1.165, 1.54) is 4.88 Å². The van der Waals surface area contributed by atoms with Crippen molar-refractivity contribution in [1.29, 1.82) is 0 Å². The molecule has 0 spiro atoms. The summed E-state index contributed by atoms with van der Waals surface area (Å²) < 4.78 is 5.06.